The molecule has 4 aromatic rings. The Hall–Kier alpha value is -3.30. The van der Waals surface area contributed by atoms with Crippen LogP contribution in [0.5, 0.6) is 5.75 Å². The lowest BCUT2D eigenvalue weighted by Gasteiger charge is -2.17. The van der Waals surface area contributed by atoms with Gasteiger partial charge in [-0.15, -0.1) is 0 Å². The van der Waals surface area contributed by atoms with Gasteiger partial charge in [-0.1, -0.05) is 0 Å². The third kappa shape index (κ3) is 2.50. The van der Waals surface area contributed by atoms with Gasteiger partial charge in [0.05, 0.1) is 29.3 Å². The van der Waals surface area contributed by atoms with Gasteiger partial charge >= 0.3 is 0 Å². The highest BCUT2D eigenvalue weighted by atomic mass is 16.5. The zero-order valence-corrected chi connectivity index (χ0v) is 14.5. The van der Waals surface area contributed by atoms with E-state index in [1.807, 2.05) is 32.2 Å². The van der Waals surface area contributed by atoms with E-state index >= 15 is 0 Å². The van der Waals surface area contributed by atoms with Crippen molar-refractivity contribution in [1.29, 1.82) is 5.26 Å². The number of rotatable bonds is 4. The van der Waals surface area contributed by atoms with Crippen LogP contribution in [0, 0.1) is 18.3 Å². The maximum Gasteiger partial charge on any atom is 0.141 e. The summed E-state index contributed by atoms with van der Waals surface area (Å²) in [4.78, 5) is 10.9. The number of aromatic nitrogens is 3. The van der Waals surface area contributed by atoms with Gasteiger partial charge in [0.25, 0.3) is 0 Å². The van der Waals surface area contributed by atoms with Gasteiger partial charge in [-0.3, -0.25) is 0 Å². The molecule has 26 heavy (non-hydrogen) atoms. The van der Waals surface area contributed by atoms with Crippen molar-refractivity contribution in [2.45, 2.75) is 20.0 Å². The molecule has 6 heteroatoms. The predicted octanol–water partition coefficient (Wildman–Crippen LogP) is 3.70. The first-order chi connectivity index (χ1) is 12.6. The molecule has 0 spiro atoms. The van der Waals surface area contributed by atoms with Crippen molar-refractivity contribution in [3.63, 3.8) is 0 Å². The van der Waals surface area contributed by atoms with Crippen LogP contribution in [0.3, 0.4) is 0 Å². The minimum Gasteiger partial charge on any atom is -0.493 e. The van der Waals surface area contributed by atoms with Gasteiger partial charge in [0, 0.05) is 22.7 Å². The minimum absolute atomic E-state index is 0.419. The molecule has 0 fully saturated rings. The number of aliphatic hydroxyl groups excluding tert-OH is 1. The molecule has 2 aromatic carbocycles. The molecule has 0 saturated heterocycles. The molecule has 3 N–H and O–H groups in total. The second-order valence-electron chi connectivity index (χ2n) is 6.17. The normalized spacial score (nSPS) is 12.4. The van der Waals surface area contributed by atoms with Gasteiger partial charge in [0.15, 0.2) is 0 Å². The highest BCUT2D eigenvalue weighted by Gasteiger charge is 2.23. The second kappa shape index (κ2) is 6.21. The van der Waals surface area contributed by atoms with Gasteiger partial charge in [-0.2, -0.15) is 5.26 Å². The standard InChI is InChI=1S/C20H18N4O2/c1-3-26-16-8-11(2)18-13(6-7-22-18)17(16)19(25)20-23-14-5-4-12(10-21)9-15(14)24-20/h4-9,19,22,25H,3H2,1-2H3,(H,23,24). The van der Waals surface area contributed by atoms with E-state index in [1.165, 1.54) is 0 Å². The quantitative estimate of drug-likeness (QED) is 0.525. The Balaban J connectivity index is 1.89. The minimum atomic E-state index is -0.978. The predicted molar refractivity (Wildman–Crippen MR) is 99.1 cm³/mol. The van der Waals surface area contributed by atoms with Gasteiger partial charge in [-0.25, -0.2) is 4.98 Å². The maximum absolute atomic E-state index is 11.1. The summed E-state index contributed by atoms with van der Waals surface area (Å²) < 4.78 is 5.79. The van der Waals surface area contributed by atoms with E-state index in [9.17, 15) is 5.11 Å². The molecule has 0 bridgehead atoms. The number of nitriles is 1. The molecule has 0 amide bonds. The summed E-state index contributed by atoms with van der Waals surface area (Å²) in [5, 5.41) is 21.0. The zero-order chi connectivity index (χ0) is 18.3. The number of H-pyrrole nitrogens is 2. The molecule has 1 unspecified atom stereocenters. The number of aromatic amines is 2. The van der Waals surface area contributed by atoms with Crippen LogP contribution in [0.4, 0.5) is 0 Å². The van der Waals surface area contributed by atoms with Crippen molar-refractivity contribution in [2.75, 3.05) is 6.61 Å². The van der Waals surface area contributed by atoms with Gasteiger partial charge in [0.2, 0.25) is 0 Å². The topological polar surface area (TPSA) is 97.7 Å². The first kappa shape index (κ1) is 16.2. The molecule has 0 aliphatic carbocycles. The van der Waals surface area contributed by atoms with E-state index in [0.717, 1.165) is 22.0 Å². The number of imidazole rings is 1. The summed E-state index contributed by atoms with van der Waals surface area (Å²) in [6.07, 6.45) is 0.870. The molecule has 2 aromatic heterocycles. The molecule has 1 atom stereocenters. The van der Waals surface area contributed by atoms with Crippen molar-refractivity contribution >= 4 is 21.9 Å². The highest BCUT2D eigenvalue weighted by molar-refractivity contribution is 5.89. The number of ether oxygens (including phenoxy) is 1. The van der Waals surface area contributed by atoms with E-state index in [1.54, 1.807) is 18.2 Å². The third-order valence-corrected chi connectivity index (χ3v) is 4.51. The van der Waals surface area contributed by atoms with Crippen LogP contribution < -0.4 is 4.74 Å². The van der Waals surface area contributed by atoms with E-state index in [-0.39, 0.29) is 0 Å². The molecule has 4 rings (SSSR count). The monoisotopic (exact) mass is 346 g/mol. The number of hydrogen-bond donors (Lipinski definition) is 3. The van der Waals surface area contributed by atoms with Crippen molar-refractivity contribution in [1.82, 2.24) is 15.0 Å². The Morgan fingerprint density at radius 1 is 1.31 bits per heavy atom. The van der Waals surface area contributed by atoms with Crippen LogP contribution in [0.2, 0.25) is 0 Å². The number of aliphatic hydroxyl groups is 1. The number of aryl methyl sites for hydroxylation is 1. The molecular weight excluding hydrogens is 328 g/mol. The second-order valence-corrected chi connectivity index (χ2v) is 6.17. The van der Waals surface area contributed by atoms with Crippen molar-refractivity contribution in [3.05, 3.63) is 59.0 Å². The molecule has 6 nitrogen and oxygen atoms in total. The van der Waals surface area contributed by atoms with Crippen molar-refractivity contribution in [3.8, 4) is 11.8 Å². The fourth-order valence-electron chi connectivity index (χ4n) is 3.32. The summed E-state index contributed by atoms with van der Waals surface area (Å²) in [5.74, 6) is 1.06. The number of benzene rings is 2. The lowest BCUT2D eigenvalue weighted by Crippen LogP contribution is -2.07. The van der Waals surface area contributed by atoms with Crippen molar-refractivity contribution < 1.29 is 9.84 Å². The average molecular weight is 346 g/mol. The largest absolute Gasteiger partial charge is 0.493 e. The number of fused-ring (bicyclic) bond motifs is 2. The first-order valence-corrected chi connectivity index (χ1v) is 8.43. The fourth-order valence-corrected chi connectivity index (χ4v) is 3.32. The Morgan fingerprint density at radius 3 is 2.92 bits per heavy atom. The Labute approximate surface area is 150 Å². The molecule has 0 aliphatic rings. The highest BCUT2D eigenvalue weighted by Crippen LogP contribution is 2.37. The summed E-state index contributed by atoms with van der Waals surface area (Å²) in [7, 11) is 0. The van der Waals surface area contributed by atoms with E-state index in [0.29, 0.717) is 34.8 Å². The molecule has 0 aliphatic heterocycles. The smallest absolute Gasteiger partial charge is 0.141 e. The molecule has 0 saturated carbocycles. The fraction of sp³-hybridized carbons (Fsp3) is 0.200. The van der Waals surface area contributed by atoms with E-state index < -0.39 is 6.10 Å². The Kier molecular flexibility index (Phi) is 3.86. The molecule has 0 radical (unpaired) electrons. The maximum atomic E-state index is 11.1. The Bertz CT molecular complexity index is 1150. The zero-order valence-electron chi connectivity index (χ0n) is 14.5. The van der Waals surface area contributed by atoms with Crippen LogP contribution in [0.15, 0.2) is 36.5 Å². The molecular formula is C20H18N4O2. The lowest BCUT2D eigenvalue weighted by atomic mass is 10.00. The van der Waals surface area contributed by atoms with Crippen LogP contribution in [-0.4, -0.2) is 26.7 Å². The Morgan fingerprint density at radius 2 is 2.15 bits per heavy atom. The summed E-state index contributed by atoms with van der Waals surface area (Å²) in [5.41, 5.74) is 4.64. The van der Waals surface area contributed by atoms with Gasteiger partial charge < -0.3 is 19.8 Å². The molecule has 130 valence electrons. The summed E-state index contributed by atoms with van der Waals surface area (Å²) in [6, 6.07) is 11.2. The summed E-state index contributed by atoms with van der Waals surface area (Å²) in [6.45, 7) is 4.42. The third-order valence-electron chi connectivity index (χ3n) is 4.51. The molecule has 2 heterocycles. The van der Waals surface area contributed by atoms with Crippen LogP contribution in [0.25, 0.3) is 21.9 Å². The van der Waals surface area contributed by atoms with Crippen LogP contribution in [-0.2, 0) is 0 Å². The number of nitrogens with zero attached hydrogens (tertiary/aromatic N) is 2. The first-order valence-electron chi connectivity index (χ1n) is 8.43. The number of nitrogens with one attached hydrogen (secondary N) is 2. The van der Waals surface area contributed by atoms with Gasteiger partial charge in [-0.05, 0) is 49.7 Å². The lowest BCUT2D eigenvalue weighted by molar-refractivity contribution is 0.205. The van der Waals surface area contributed by atoms with E-state index in [4.69, 9.17) is 10.00 Å². The number of hydrogen-bond acceptors (Lipinski definition) is 4. The van der Waals surface area contributed by atoms with Gasteiger partial charge in [0.1, 0.15) is 17.7 Å². The SMILES string of the molecule is CCOc1cc(C)c2[nH]ccc2c1C(O)c1nc2cc(C#N)ccc2[nH]1. The van der Waals surface area contributed by atoms with E-state index in [2.05, 4.69) is 21.0 Å². The summed E-state index contributed by atoms with van der Waals surface area (Å²) >= 11 is 0. The van der Waals surface area contributed by atoms with Crippen LogP contribution in [0.1, 0.15) is 35.5 Å². The average Bonchev–Trinajstić information content (AvgIpc) is 3.28. The van der Waals surface area contributed by atoms with Crippen LogP contribution >= 0.6 is 0 Å². The van der Waals surface area contributed by atoms with Crippen molar-refractivity contribution in [2.24, 2.45) is 0 Å².